The average molecular weight is 197 g/mol. The van der Waals surface area contributed by atoms with Crippen LogP contribution < -0.4 is 0 Å². The van der Waals surface area contributed by atoms with E-state index in [4.69, 9.17) is 14.7 Å². The van der Waals surface area contributed by atoms with Crippen molar-refractivity contribution in [3.05, 3.63) is 0 Å². The topological polar surface area (TPSA) is 62.5 Å². The smallest absolute Gasteiger partial charge is 0.111 e. The van der Waals surface area contributed by atoms with Gasteiger partial charge in [-0.1, -0.05) is 0 Å². The molecule has 2 fully saturated rings. The summed E-state index contributed by atoms with van der Waals surface area (Å²) >= 11 is 0. The van der Waals surface area contributed by atoms with Gasteiger partial charge in [-0.3, -0.25) is 0 Å². The first kappa shape index (κ1) is 9.91. The molecule has 2 saturated heterocycles. The lowest BCUT2D eigenvalue weighted by molar-refractivity contribution is -0.0560. The van der Waals surface area contributed by atoms with Gasteiger partial charge in [0.15, 0.2) is 0 Å². The highest BCUT2D eigenvalue weighted by Crippen LogP contribution is 2.36. The average Bonchev–Trinajstić information content (AvgIpc) is 2.89. The van der Waals surface area contributed by atoms with Crippen molar-refractivity contribution in [2.45, 2.75) is 31.5 Å². The van der Waals surface area contributed by atoms with Gasteiger partial charge in [0, 0.05) is 13.2 Å². The second kappa shape index (κ2) is 3.85. The molecule has 0 aromatic rings. The minimum atomic E-state index is -0.727. The fourth-order valence-corrected chi connectivity index (χ4v) is 2.18. The lowest BCUT2D eigenvalue weighted by Crippen LogP contribution is -2.42. The molecule has 2 aliphatic heterocycles. The first-order valence-electron chi connectivity index (χ1n) is 5.07. The van der Waals surface area contributed by atoms with Gasteiger partial charge in [0.05, 0.1) is 18.8 Å². The third-order valence-corrected chi connectivity index (χ3v) is 3.16. The van der Waals surface area contributed by atoms with Crippen LogP contribution in [0.3, 0.4) is 0 Å². The van der Waals surface area contributed by atoms with Gasteiger partial charge in [-0.2, -0.15) is 5.26 Å². The summed E-state index contributed by atoms with van der Waals surface area (Å²) in [6.07, 6.45) is 1.58. The molecule has 14 heavy (non-hydrogen) atoms. The van der Waals surface area contributed by atoms with Crippen LogP contribution in [-0.2, 0) is 9.47 Å². The van der Waals surface area contributed by atoms with Crippen molar-refractivity contribution < 1.29 is 14.6 Å². The molecule has 0 aliphatic carbocycles. The number of nitrogens with zero attached hydrogens (tertiary/aromatic N) is 1. The van der Waals surface area contributed by atoms with Gasteiger partial charge in [-0.15, -0.1) is 0 Å². The fourth-order valence-electron chi connectivity index (χ4n) is 2.18. The molecule has 1 N–H and O–H groups in total. The van der Waals surface area contributed by atoms with Crippen LogP contribution in [0.1, 0.15) is 19.3 Å². The fraction of sp³-hybridized carbons (Fsp3) is 0.900. The van der Waals surface area contributed by atoms with Crippen LogP contribution in [0.2, 0.25) is 0 Å². The van der Waals surface area contributed by atoms with E-state index in [1.54, 1.807) is 0 Å². The SMILES string of the molecule is N#CC1(C(O)C2CCCO2)CCOC1. The minimum absolute atomic E-state index is 0.170. The number of rotatable bonds is 2. The van der Waals surface area contributed by atoms with E-state index in [1.807, 2.05) is 0 Å². The van der Waals surface area contributed by atoms with Crippen LogP contribution in [0.15, 0.2) is 0 Å². The van der Waals surface area contributed by atoms with Crippen LogP contribution in [0, 0.1) is 16.7 Å². The Balaban J connectivity index is 2.07. The van der Waals surface area contributed by atoms with Crippen molar-refractivity contribution >= 4 is 0 Å². The zero-order valence-electron chi connectivity index (χ0n) is 8.11. The summed E-state index contributed by atoms with van der Waals surface area (Å²) < 4.78 is 10.6. The Bertz CT molecular complexity index is 236. The molecular formula is C10H15NO3. The highest BCUT2D eigenvalue weighted by atomic mass is 16.5. The van der Waals surface area contributed by atoms with Crippen molar-refractivity contribution in [1.82, 2.24) is 0 Å². The molecule has 0 aromatic heterocycles. The minimum Gasteiger partial charge on any atom is -0.389 e. The predicted molar refractivity (Wildman–Crippen MR) is 48.5 cm³/mol. The Morgan fingerprint density at radius 3 is 2.86 bits per heavy atom. The van der Waals surface area contributed by atoms with Crippen LogP contribution in [-0.4, -0.2) is 37.1 Å². The van der Waals surface area contributed by atoms with Gasteiger partial charge in [-0.05, 0) is 19.3 Å². The summed E-state index contributed by atoms with van der Waals surface area (Å²) in [5.41, 5.74) is -0.727. The van der Waals surface area contributed by atoms with Gasteiger partial charge < -0.3 is 14.6 Å². The summed E-state index contributed by atoms with van der Waals surface area (Å²) in [5.74, 6) is 0. The van der Waals surface area contributed by atoms with E-state index < -0.39 is 11.5 Å². The van der Waals surface area contributed by atoms with Crippen molar-refractivity contribution in [2.24, 2.45) is 5.41 Å². The summed E-state index contributed by atoms with van der Waals surface area (Å²) in [6.45, 7) is 1.60. The van der Waals surface area contributed by atoms with Crippen molar-refractivity contribution in [3.8, 4) is 6.07 Å². The van der Waals surface area contributed by atoms with Crippen LogP contribution >= 0.6 is 0 Å². The molecule has 2 aliphatic rings. The van der Waals surface area contributed by atoms with Gasteiger partial charge in [0.25, 0.3) is 0 Å². The Kier molecular flexibility index (Phi) is 2.73. The van der Waals surface area contributed by atoms with Crippen LogP contribution in [0.4, 0.5) is 0 Å². The quantitative estimate of drug-likeness (QED) is 0.698. The number of ether oxygens (including phenoxy) is 2. The second-order valence-corrected chi connectivity index (χ2v) is 4.07. The maximum absolute atomic E-state index is 10.1. The molecule has 0 saturated carbocycles. The zero-order chi connectivity index (χ0) is 10.0. The number of hydrogen-bond donors (Lipinski definition) is 1. The monoisotopic (exact) mass is 197 g/mol. The maximum atomic E-state index is 10.1. The molecular weight excluding hydrogens is 182 g/mol. The third-order valence-electron chi connectivity index (χ3n) is 3.16. The molecule has 0 aromatic carbocycles. The Morgan fingerprint density at radius 1 is 1.50 bits per heavy atom. The van der Waals surface area contributed by atoms with E-state index in [-0.39, 0.29) is 6.10 Å². The van der Waals surface area contributed by atoms with Crippen LogP contribution in [0.25, 0.3) is 0 Å². The molecule has 4 heteroatoms. The number of aliphatic hydroxyl groups excluding tert-OH is 1. The van der Waals surface area contributed by atoms with Crippen molar-refractivity contribution in [2.75, 3.05) is 19.8 Å². The second-order valence-electron chi connectivity index (χ2n) is 4.07. The van der Waals surface area contributed by atoms with E-state index >= 15 is 0 Å². The summed E-state index contributed by atoms with van der Waals surface area (Å²) in [7, 11) is 0. The predicted octanol–water partition coefficient (Wildman–Crippen LogP) is 0.457. The molecule has 4 nitrogen and oxygen atoms in total. The van der Waals surface area contributed by atoms with E-state index in [1.165, 1.54) is 0 Å². The highest BCUT2D eigenvalue weighted by Gasteiger charge is 2.46. The number of nitriles is 1. The molecule has 0 bridgehead atoms. The molecule has 2 heterocycles. The molecule has 0 radical (unpaired) electrons. The van der Waals surface area contributed by atoms with E-state index in [2.05, 4.69) is 6.07 Å². The summed E-state index contributed by atoms with van der Waals surface area (Å²) in [5, 5.41) is 19.2. The van der Waals surface area contributed by atoms with Crippen molar-refractivity contribution in [1.29, 1.82) is 5.26 Å². The highest BCUT2D eigenvalue weighted by molar-refractivity contribution is 5.08. The molecule has 0 amide bonds. The van der Waals surface area contributed by atoms with Crippen molar-refractivity contribution in [3.63, 3.8) is 0 Å². The summed E-state index contributed by atoms with van der Waals surface area (Å²) in [6, 6.07) is 2.20. The first-order chi connectivity index (χ1) is 6.78. The van der Waals surface area contributed by atoms with E-state index in [9.17, 15) is 5.11 Å². The number of hydrogen-bond acceptors (Lipinski definition) is 4. The van der Waals surface area contributed by atoms with Gasteiger partial charge >= 0.3 is 0 Å². The van der Waals surface area contributed by atoms with E-state index in [0.717, 1.165) is 12.8 Å². The Labute approximate surface area is 83.4 Å². The summed E-state index contributed by atoms with van der Waals surface area (Å²) in [4.78, 5) is 0. The molecule has 3 unspecified atom stereocenters. The normalized spacial score (nSPS) is 39.6. The molecule has 78 valence electrons. The Hall–Kier alpha value is -0.630. The molecule has 2 rings (SSSR count). The standard InChI is InChI=1S/C10H15NO3/c11-6-10(3-5-13-7-10)9(12)8-2-1-4-14-8/h8-9,12H,1-5,7H2. The lowest BCUT2D eigenvalue weighted by atomic mass is 9.80. The lowest BCUT2D eigenvalue weighted by Gasteiger charge is -2.29. The van der Waals surface area contributed by atoms with Crippen LogP contribution in [0.5, 0.6) is 0 Å². The maximum Gasteiger partial charge on any atom is 0.111 e. The van der Waals surface area contributed by atoms with E-state index in [0.29, 0.717) is 26.2 Å². The largest absolute Gasteiger partial charge is 0.389 e. The molecule has 3 atom stereocenters. The first-order valence-corrected chi connectivity index (χ1v) is 5.07. The number of aliphatic hydroxyl groups is 1. The molecule has 0 spiro atoms. The van der Waals surface area contributed by atoms with Gasteiger partial charge in [0.2, 0.25) is 0 Å². The zero-order valence-corrected chi connectivity index (χ0v) is 8.11. The Morgan fingerprint density at radius 2 is 2.36 bits per heavy atom. The third kappa shape index (κ3) is 1.52. The van der Waals surface area contributed by atoms with Gasteiger partial charge in [0.1, 0.15) is 11.5 Å². The van der Waals surface area contributed by atoms with Gasteiger partial charge in [-0.25, -0.2) is 0 Å².